The van der Waals surface area contributed by atoms with Crippen molar-refractivity contribution in [1.29, 1.82) is 0 Å². The highest BCUT2D eigenvalue weighted by Gasteiger charge is 2.48. The number of carbonyl (C=O) groups is 3. The summed E-state index contributed by atoms with van der Waals surface area (Å²) in [7, 11) is 5.16. The lowest BCUT2D eigenvalue weighted by Gasteiger charge is -2.36. The maximum Gasteiger partial charge on any atom is 0.356 e. The second kappa shape index (κ2) is 8.09. The molecule has 0 radical (unpaired) electrons. The molecule has 0 saturated heterocycles. The molecule has 3 N–H and O–H groups in total. The molecular weight excluding hydrogens is 346 g/mol. The van der Waals surface area contributed by atoms with E-state index in [9.17, 15) is 29.1 Å². The Balaban J connectivity index is 3.38. The van der Waals surface area contributed by atoms with Crippen LogP contribution in [0.15, 0.2) is 15.7 Å². The van der Waals surface area contributed by atoms with Crippen LogP contribution in [0.1, 0.15) is 36.7 Å². The minimum atomic E-state index is -1.92. The predicted octanol–water partition coefficient (Wildman–Crippen LogP) is -0.491. The summed E-state index contributed by atoms with van der Waals surface area (Å²) in [4.78, 5) is 63.2. The van der Waals surface area contributed by atoms with Crippen molar-refractivity contribution in [3.05, 3.63) is 32.6 Å². The van der Waals surface area contributed by atoms with Crippen LogP contribution < -0.4 is 11.2 Å². The SMILES string of the molecule is CCCC(=O)[C@@](CC(=O)O)(C[N+](C)(C)C)OC(=O)c1cc(=O)[nH]c(=O)[nH]1. The van der Waals surface area contributed by atoms with E-state index in [1.54, 1.807) is 28.1 Å². The lowest BCUT2D eigenvalue weighted by molar-refractivity contribution is -0.875. The van der Waals surface area contributed by atoms with Crippen LogP contribution in [0.5, 0.6) is 0 Å². The van der Waals surface area contributed by atoms with Crippen molar-refractivity contribution >= 4 is 17.7 Å². The molecule has 0 saturated carbocycles. The molecular formula is C16H24N3O7+. The van der Waals surface area contributed by atoms with E-state index < -0.39 is 46.7 Å². The number of ketones is 1. The van der Waals surface area contributed by atoms with E-state index in [1.807, 2.05) is 4.98 Å². The van der Waals surface area contributed by atoms with Gasteiger partial charge in [-0.2, -0.15) is 0 Å². The van der Waals surface area contributed by atoms with Crippen LogP contribution in [0.2, 0.25) is 0 Å². The Kier molecular flexibility index (Phi) is 6.62. The molecule has 1 heterocycles. The quantitative estimate of drug-likeness (QED) is 0.392. The molecule has 0 fully saturated rings. The fourth-order valence-electron chi connectivity index (χ4n) is 2.64. The molecule has 1 atom stereocenters. The summed E-state index contributed by atoms with van der Waals surface area (Å²) in [5, 5.41) is 9.27. The summed E-state index contributed by atoms with van der Waals surface area (Å²) in [6, 6.07) is 0.811. The molecule has 144 valence electrons. The minimum Gasteiger partial charge on any atom is -0.481 e. The van der Waals surface area contributed by atoms with Crippen LogP contribution in [0.4, 0.5) is 0 Å². The van der Waals surface area contributed by atoms with Crippen molar-refractivity contribution in [3.8, 4) is 0 Å². The van der Waals surface area contributed by atoms with Crippen LogP contribution in [-0.2, 0) is 14.3 Å². The van der Waals surface area contributed by atoms with Crippen molar-refractivity contribution in [1.82, 2.24) is 9.97 Å². The number of aliphatic carboxylic acids is 1. The molecule has 1 aromatic rings. The van der Waals surface area contributed by atoms with E-state index in [4.69, 9.17) is 4.74 Å². The predicted molar refractivity (Wildman–Crippen MR) is 90.9 cm³/mol. The fourth-order valence-corrected chi connectivity index (χ4v) is 2.64. The smallest absolute Gasteiger partial charge is 0.356 e. The first-order chi connectivity index (χ1) is 11.9. The van der Waals surface area contributed by atoms with Gasteiger partial charge in [-0.3, -0.25) is 19.4 Å². The first-order valence-electron chi connectivity index (χ1n) is 8.01. The monoisotopic (exact) mass is 370 g/mol. The zero-order valence-electron chi connectivity index (χ0n) is 15.2. The molecule has 0 aromatic carbocycles. The Bertz CT molecular complexity index is 775. The standard InChI is InChI=1S/C16H23N3O7/c1-5-6-11(20)16(8-13(22)23,9-19(2,3)4)26-14(24)10-7-12(21)18-15(25)17-10/h7H,5-6,8-9H2,1-4H3,(H2-,17,18,21,22,23,25)/p+1/t16-/m1/s1. The van der Waals surface area contributed by atoms with Gasteiger partial charge in [0.05, 0.1) is 27.6 Å². The average molecular weight is 370 g/mol. The first kappa shape index (κ1) is 21.3. The van der Waals surface area contributed by atoms with E-state index in [2.05, 4.69) is 4.98 Å². The van der Waals surface area contributed by atoms with Crippen LogP contribution in [-0.4, -0.2) is 70.6 Å². The van der Waals surface area contributed by atoms with E-state index >= 15 is 0 Å². The summed E-state index contributed by atoms with van der Waals surface area (Å²) >= 11 is 0. The van der Waals surface area contributed by atoms with Crippen molar-refractivity contribution in [3.63, 3.8) is 0 Å². The Labute approximate surface area is 149 Å². The van der Waals surface area contributed by atoms with Crippen LogP contribution in [0.3, 0.4) is 0 Å². The van der Waals surface area contributed by atoms with Crippen molar-refractivity contribution < 1.29 is 28.7 Å². The molecule has 0 aliphatic carbocycles. The van der Waals surface area contributed by atoms with Crippen molar-refractivity contribution in [2.75, 3.05) is 27.7 Å². The molecule has 0 unspecified atom stereocenters. The Hall–Kier alpha value is -2.75. The summed E-state index contributed by atoms with van der Waals surface area (Å²) in [5.41, 5.74) is -4.12. The van der Waals surface area contributed by atoms with Gasteiger partial charge in [0.25, 0.3) is 5.56 Å². The Morgan fingerprint density at radius 1 is 1.19 bits per heavy atom. The maximum absolute atomic E-state index is 12.7. The number of hydrogen-bond donors (Lipinski definition) is 3. The number of ether oxygens (including phenoxy) is 1. The molecule has 10 nitrogen and oxygen atoms in total. The summed E-state index contributed by atoms with van der Waals surface area (Å²) in [5.74, 6) is -2.99. The number of quaternary nitrogens is 1. The average Bonchev–Trinajstić information content (AvgIpc) is 2.43. The summed E-state index contributed by atoms with van der Waals surface area (Å²) < 4.78 is 5.48. The fraction of sp³-hybridized carbons (Fsp3) is 0.562. The molecule has 26 heavy (non-hydrogen) atoms. The molecule has 0 aliphatic rings. The largest absolute Gasteiger partial charge is 0.481 e. The number of likely N-dealkylation sites (N-methyl/N-ethyl adjacent to an activating group) is 1. The van der Waals surface area contributed by atoms with Gasteiger partial charge in [-0.25, -0.2) is 9.59 Å². The number of aromatic amines is 2. The van der Waals surface area contributed by atoms with E-state index in [0.29, 0.717) is 6.42 Å². The number of carbonyl (C=O) groups excluding carboxylic acids is 2. The van der Waals surface area contributed by atoms with Crippen molar-refractivity contribution in [2.24, 2.45) is 0 Å². The normalized spacial score (nSPS) is 13.7. The number of Topliss-reactive ketones (excluding diaryl/α,β-unsaturated/α-hetero) is 1. The number of esters is 1. The number of aromatic nitrogens is 2. The number of carboxylic acid groups (broad SMARTS) is 1. The maximum atomic E-state index is 12.7. The lowest BCUT2D eigenvalue weighted by atomic mass is 9.89. The molecule has 1 aromatic heterocycles. The molecule has 0 bridgehead atoms. The highest BCUT2D eigenvalue weighted by atomic mass is 16.6. The topological polar surface area (TPSA) is 146 Å². The highest BCUT2D eigenvalue weighted by Crippen LogP contribution is 2.25. The third-order valence-electron chi connectivity index (χ3n) is 3.42. The van der Waals surface area contributed by atoms with Crippen LogP contribution in [0, 0.1) is 0 Å². The molecule has 0 aliphatic heterocycles. The number of hydrogen-bond acceptors (Lipinski definition) is 6. The number of H-pyrrole nitrogens is 2. The second-order valence-electron chi connectivity index (χ2n) is 7.08. The zero-order chi connectivity index (χ0) is 20.1. The number of carboxylic acids is 1. The van der Waals surface area contributed by atoms with Crippen molar-refractivity contribution in [2.45, 2.75) is 31.8 Å². The molecule has 10 heteroatoms. The van der Waals surface area contributed by atoms with E-state index in [1.165, 1.54) is 0 Å². The number of rotatable bonds is 9. The minimum absolute atomic E-state index is 0.0203. The Morgan fingerprint density at radius 3 is 2.27 bits per heavy atom. The molecule has 0 spiro atoms. The number of nitrogens with zero attached hydrogens (tertiary/aromatic N) is 1. The molecule has 1 rings (SSSR count). The second-order valence-corrected chi connectivity index (χ2v) is 7.08. The van der Waals surface area contributed by atoms with Gasteiger partial charge in [-0.05, 0) is 6.42 Å². The van der Waals surface area contributed by atoms with Gasteiger partial charge in [0.2, 0.25) is 5.60 Å². The number of nitrogens with one attached hydrogen (secondary N) is 2. The lowest BCUT2D eigenvalue weighted by Crippen LogP contribution is -2.57. The van der Waals surface area contributed by atoms with E-state index in [0.717, 1.165) is 6.07 Å². The van der Waals surface area contributed by atoms with Gasteiger partial charge in [0, 0.05) is 12.5 Å². The van der Waals surface area contributed by atoms with Gasteiger partial charge < -0.3 is 19.3 Å². The third kappa shape index (κ3) is 5.96. The van der Waals surface area contributed by atoms with Crippen LogP contribution in [0.25, 0.3) is 0 Å². The third-order valence-corrected chi connectivity index (χ3v) is 3.42. The van der Waals surface area contributed by atoms with Gasteiger partial charge in [0.1, 0.15) is 12.2 Å². The van der Waals surface area contributed by atoms with Gasteiger partial charge >= 0.3 is 17.6 Å². The molecule has 0 amide bonds. The van der Waals surface area contributed by atoms with E-state index in [-0.39, 0.29) is 17.4 Å². The van der Waals surface area contributed by atoms with Gasteiger partial charge in [-0.15, -0.1) is 0 Å². The zero-order valence-corrected chi connectivity index (χ0v) is 15.2. The first-order valence-corrected chi connectivity index (χ1v) is 8.01. The summed E-state index contributed by atoms with van der Waals surface area (Å²) in [6.45, 7) is 1.66. The highest BCUT2D eigenvalue weighted by molar-refractivity contribution is 5.96. The van der Waals surface area contributed by atoms with Gasteiger partial charge in [0.15, 0.2) is 5.78 Å². The van der Waals surface area contributed by atoms with Crippen LogP contribution >= 0.6 is 0 Å². The summed E-state index contributed by atoms with van der Waals surface area (Å²) in [6.07, 6.45) is -0.260. The Morgan fingerprint density at radius 2 is 1.81 bits per heavy atom. The van der Waals surface area contributed by atoms with Gasteiger partial charge in [-0.1, -0.05) is 6.92 Å².